The number of hydrogen-bond acceptors (Lipinski definition) is 4. The third kappa shape index (κ3) is 35.5. The maximum Gasteiger partial charge on any atom is 0.236 e. The Morgan fingerprint density at radius 1 is 0.373 bits per heavy atom. The quantitative estimate of drug-likeness (QED) is 0.0572. The Hall–Kier alpha value is -0.650. The molecule has 59 heavy (non-hydrogen) atoms. The Morgan fingerprint density at radius 2 is 0.661 bits per heavy atom. The van der Waals surface area contributed by atoms with Gasteiger partial charge in [-0.3, -0.25) is 9.69 Å². The van der Waals surface area contributed by atoms with Gasteiger partial charge < -0.3 is 14.7 Å². The summed E-state index contributed by atoms with van der Waals surface area (Å²) in [5, 5.41) is 0. The second-order valence-electron chi connectivity index (χ2n) is 19.5. The van der Waals surface area contributed by atoms with Crippen molar-refractivity contribution < 1.29 is 4.79 Å². The van der Waals surface area contributed by atoms with E-state index in [1.54, 1.807) is 0 Å². The highest BCUT2D eigenvalue weighted by atomic mass is 16.2. The monoisotopic (exact) mass is 831 g/mol. The van der Waals surface area contributed by atoms with E-state index in [0.717, 1.165) is 32.7 Å². The molecule has 5 heteroatoms. The van der Waals surface area contributed by atoms with Gasteiger partial charge in [-0.25, -0.2) is 0 Å². The van der Waals surface area contributed by atoms with Gasteiger partial charge in [0, 0.05) is 32.7 Å². The Balaban J connectivity index is 2.78. The van der Waals surface area contributed by atoms with Gasteiger partial charge in [0.05, 0.1) is 6.54 Å². The molecule has 1 unspecified atom stereocenters. The van der Waals surface area contributed by atoms with Crippen LogP contribution in [0.2, 0.25) is 0 Å². The van der Waals surface area contributed by atoms with E-state index >= 15 is 0 Å². The van der Waals surface area contributed by atoms with Crippen molar-refractivity contribution in [1.29, 1.82) is 0 Å². The number of carbonyl (C=O) groups excluding carboxylic acids is 1. The van der Waals surface area contributed by atoms with Gasteiger partial charge in [-0.2, -0.15) is 0 Å². The van der Waals surface area contributed by atoms with Crippen LogP contribution >= 0.6 is 0 Å². The molecule has 1 saturated heterocycles. The number of nitrogens with zero attached hydrogens (tertiary/aromatic N) is 4. The van der Waals surface area contributed by atoms with Gasteiger partial charge in [-0.05, 0) is 77.2 Å². The van der Waals surface area contributed by atoms with Crippen molar-refractivity contribution in [2.24, 2.45) is 5.92 Å². The minimum atomic E-state index is 0.409. The second kappa shape index (κ2) is 44.0. The van der Waals surface area contributed by atoms with Gasteiger partial charge in [0.1, 0.15) is 0 Å². The van der Waals surface area contributed by atoms with Crippen LogP contribution in [-0.4, -0.2) is 97.5 Å². The molecule has 0 aromatic carbocycles. The summed E-state index contributed by atoms with van der Waals surface area (Å²) in [6.07, 6.45) is 49.3. The van der Waals surface area contributed by atoms with Gasteiger partial charge in [0.15, 0.2) is 0 Å². The van der Waals surface area contributed by atoms with E-state index in [1.165, 1.54) is 264 Å². The second-order valence-corrected chi connectivity index (χ2v) is 19.5. The van der Waals surface area contributed by atoms with Gasteiger partial charge in [0.25, 0.3) is 0 Å². The number of rotatable bonds is 47. The molecule has 352 valence electrons. The molecule has 1 aliphatic rings. The Labute approximate surface area is 372 Å². The molecule has 1 amide bonds. The van der Waals surface area contributed by atoms with Gasteiger partial charge in [-0.15, -0.1) is 0 Å². The summed E-state index contributed by atoms with van der Waals surface area (Å²) < 4.78 is 0. The van der Waals surface area contributed by atoms with Crippen LogP contribution in [-0.2, 0) is 4.79 Å². The SMILES string of the molecule is CCCCCCCCCN(CCCCCCCCC)CCN(CCCCCCCCC)CC(=O)N1CCC(CN(CCCCCCCCC)CCCCCCCCC)C1. The standard InChI is InChI=1S/C54H110N4O/c1-6-11-16-21-26-31-36-42-55(43-37-32-27-22-17-12-7-2)48-49-57(46-40-35-30-25-20-15-10-5)52-54(59)58-47-41-53(51-58)50-56(44-38-33-28-23-18-13-8-3)45-39-34-29-24-19-14-9-4/h53H,6-52H2,1-5H3. The number of unbranched alkanes of at least 4 members (excludes halogenated alkanes) is 30. The molecular formula is C54H110N4O. The largest absolute Gasteiger partial charge is 0.341 e. The summed E-state index contributed by atoms with van der Waals surface area (Å²) in [5.74, 6) is 1.05. The number of amides is 1. The summed E-state index contributed by atoms with van der Waals surface area (Å²) in [6, 6.07) is 0. The first-order valence-electron chi connectivity index (χ1n) is 27.5. The smallest absolute Gasteiger partial charge is 0.236 e. The van der Waals surface area contributed by atoms with E-state index in [-0.39, 0.29) is 0 Å². The maximum absolute atomic E-state index is 14.1. The first-order chi connectivity index (χ1) is 29.1. The third-order valence-corrected chi connectivity index (χ3v) is 13.6. The van der Waals surface area contributed by atoms with Crippen molar-refractivity contribution in [3.05, 3.63) is 0 Å². The van der Waals surface area contributed by atoms with E-state index in [2.05, 4.69) is 54.2 Å². The van der Waals surface area contributed by atoms with Crippen molar-refractivity contribution in [1.82, 2.24) is 19.6 Å². The van der Waals surface area contributed by atoms with Crippen LogP contribution in [0.1, 0.15) is 266 Å². The zero-order chi connectivity index (χ0) is 42.7. The zero-order valence-corrected chi connectivity index (χ0v) is 41.5. The number of likely N-dealkylation sites (tertiary alicyclic amines) is 1. The molecule has 0 bridgehead atoms. The average molecular weight is 832 g/mol. The lowest BCUT2D eigenvalue weighted by Crippen LogP contribution is -2.43. The summed E-state index contributed by atoms with van der Waals surface area (Å²) in [5.41, 5.74) is 0. The molecule has 0 spiro atoms. The van der Waals surface area contributed by atoms with Crippen LogP contribution < -0.4 is 0 Å². The van der Waals surface area contributed by atoms with Gasteiger partial charge >= 0.3 is 0 Å². The molecule has 1 atom stereocenters. The molecule has 0 N–H and O–H groups in total. The lowest BCUT2D eigenvalue weighted by molar-refractivity contribution is -0.131. The minimum Gasteiger partial charge on any atom is -0.341 e. The van der Waals surface area contributed by atoms with Crippen molar-refractivity contribution in [3.8, 4) is 0 Å². The van der Waals surface area contributed by atoms with Gasteiger partial charge in [-0.1, -0.05) is 227 Å². The van der Waals surface area contributed by atoms with Crippen molar-refractivity contribution in [2.75, 3.05) is 72.0 Å². The highest BCUT2D eigenvalue weighted by molar-refractivity contribution is 5.78. The topological polar surface area (TPSA) is 30.0 Å². The molecule has 0 aromatic heterocycles. The first kappa shape index (κ1) is 56.4. The predicted molar refractivity (Wildman–Crippen MR) is 264 cm³/mol. The summed E-state index contributed by atoms with van der Waals surface area (Å²) in [4.78, 5) is 24.5. The minimum absolute atomic E-state index is 0.409. The number of carbonyl (C=O) groups is 1. The molecule has 1 rings (SSSR count). The highest BCUT2D eigenvalue weighted by Gasteiger charge is 2.28. The maximum atomic E-state index is 14.1. The van der Waals surface area contributed by atoms with Crippen LogP contribution in [0, 0.1) is 5.92 Å². The Morgan fingerprint density at radius 3 is 1.02 bits per heavy atom. The average Bonchev–Trinajstić information content (AvgIpc) is 3.72. The fraction of sp³-hybridized carbons (Fsp3) is 0.981. The Kier molecular flexibility index (Phi) is 42.0. The van der Waals surface area contributed by atoms with Crippen molar-refractivity contribution >= 4 is 5.91 Å². The lowest BCUT2D eigenvalue weighted by Gasteiger charge is -2.29. The fourth-order valence-corrected chi connectivity index (χ4v) is 9.51. The fourth-order valence-electron chi connectivity index (χ4n) is 9.51. The van der Waals surface area contributed by atoms with Gasteiger partial charge in [0.2, 0.25) is 5.91 Å². The molecule has 5 nitrogen and oxygen atoms in total. The highest BCUT2D eigenvalue weighted by Crippen LogP contribution is 2.20. The predicted octanol–water partition coefficient (Wildman–Crippen LogP) is 15.5. The molecule has 0 saturated carbocycles. The summed E-state index contributed by atoms with van der Waals surface area (Å²) >= 11 is 0. The first-order valence-corrected chi connectivity index (χ1v) is 27.5. The van der Waals surface area contributed by atoms with Crippen LogP contribution in [0.25, 0.3) is 0 Å². The van der Waals surface area contributed by atoms with Crippen LogP contribution in [0.15, 0.2) is 0 Å². The number of hydrogen-bond donors (Lipinski definition) is 0. The molecule has 0 aliphatic carbocycles. The molecule has 1 aliphatic heterocycles. The van der Waals surface area contributed by atoms with E-state index in [1.807, 2.05) is 0 Å². The molecular weight excluding hydrogens is 721 g/mol. The molecule has 1 heterocycles. The van der Waals surface area contributed by atoms with Crippen molar-refractivity contribution in [2.45, 2.75) is 266 Å². The third-order valence-electron chi connectivity index (χ3n) is 13.6. The zero-order valence-electron chi connectivity index (χ0n) is 41.5. The lowest BCUT2D eigenvalue weighted by atomic mass is 10.1. The summed E-state index contributed by atoms with van der Waals surface area (Å²) in [6.45, 7) is 23.6. The van der Waals surface area contributed by atoms with E-state index in [4.69, 9.17) is 0 Å². The summed E-state index contributed by atoms with van der Waals surface area (Å²) in [7, 11) is 0. The molecule has 1 fully saturated rings. The Bertz CT molecular complexity index is 816. The van der Waals surface area contributed by atoms with Crippen LogP contribution in [0.4, 0.5) is 0 Å². The molecule has 0 aromatic rings. The normalized spacial score (nSPS) is 14.6. The van der Waals surface area contributed by atoms with Crippen molar-refractivity contribution in [3.63, 3.8) is 0 Å². The molecule has 0 radical (unpaired) electrons. The van der Waals surface area contributed by atoms with E-state index < -0.39 is 0 Å². The van der Waals surface area contributed by atoms with E-state index in [0.29, 0.717) is 18.4 Å². The van der Waals surface area contributed by atoms with Crippen LogP contribution in [0.5, 0.6) is 0 Å². The van der Waals surface area contributed by atoms with E-state index in [9.17, 15) is 4.79 Å². The van der Waals surface area contributed by atoms with Crippen LogP contribution in [0.3, 0.4) is 0 Å².